The molecule has 0 aliphatic heterocycles. The van der Waals surface area contributed by atoms with Crippen LogP contribution in [0.2, 0.25) is 0 Å². The first-order valence-corrected chi connectivity index (χ1v) is 7.24. The molecule has 1 aromatic heterocycles. The van der Waals surface area contributed by atoms with Gasteiger partial charge in [-0.05, 0) is 29.1 Å². The summed E-state index contributed by atoms with van der Waals surface area (Å²) >= 11 is 1.64. The third-order valence-corrected chi connectivity index (χ3v) is 3.75. The Morgan fingerprint density at radius 3 is 2.60 bits per heavy atom. The summed E-state index contributed by atoms with van der Waals surface area (Å²) < 4.78 is 5.13. The van der Waals surface area contributed by atoms with Gasteiger partial charge in [0.1, 0.15) is 5.75 Å². The largest absolute Gasteiger partial charge is 0.497 e. The number of carbonyl (C=O) groups excluding carboxylic acids is 1. The number of thiophene rings is 1. The molecule has 0 atom stereocenters. The van der Waals surface area contributed by atoms with Crippen molar-refractivity contribution in [3.05, 3.63) is 46.2 Å². The molecular formula is C15H18N2O2S. The third kappa shape index (κ3) is 4.08. The number of amides is 1. The van der Waals surface area contributed by atoms with Crippen LogP contribution in [0, 0.1) is 0 Å². The number of methoxy groups -OCH3 is 1. The SMILES string of the molecule is COc1ccc(CNCc2sccc2NC(C)=O)cc1. The summed E-state index contributed by atoms with van der Waals surface area (Å²) in [5.41, 5.74) is 2.09. The molecule has 106 valence electrons. The zero-order valence-corrected chi connectivity index (χ0v) is 12.4. The van der Waals surface area contributed by atoms with Crippen LogP contribution in [0.1, 0.15) is 17.4 Å². The molecule has 0 saturated heterocycles. The maximum absolute atomic E-state index is 11.1. The van der Waals surface area contributed by atoms with E-state index in [-0.39, 0.29) is 5.91 Å². The second-order valence-corrected chi connectivity index (χ2v) is 5.39. The Morgan fingerprint density at radius 2 is 1.95 bits per heavy atom. The average molecular weight is 290 g/mol. The van der Waals surface area contributed by atoms with Gasteiger partial charge in [0.25, 0.3) is 0 Å². The van der Waals surface area contributed by atoms with Crippen LogP contribution < -0.4 is 15.4 Å². The Kier molecular flexibility index (Phi) is 5.15. The number of rotatable bonds is 6. The van der Waals surface area contributed by atoms with Gasteiger partial charge in [-0.15, -0.1) is 11.3 Å². The molecule has 0 unspecified atom stereocenters. The van der Waals surface area contributed by atoms with Crippen LogP contribution >= 0.6 is 11.3 Å². The van der Waals surface area contributed by atoms with Gasteiger partial charge in [0.2, 0.25) is 5.91 Å². The average Bonchev–Trinajstić information content (AvgIpc) is 2.86. The summed E-state index contributed by atoms with van der Waals surface area (Å²) in [4.78, 5) is 12.2. The number of hydrogen-bond acceptors (Lipinski definition) is 4. The van der Waals surface area contributed by atoms with Crippen LogP contribution in [-0.2, 0) is 17.9 Å². The molecule has 2 aromatic rings. The molecule has 2 rings (SSSR count). The van der Waals surface area contributed by atoms with Crippen molar-refractivity contribution in [1.82, 2.24) is 5.32 Å². The van der Waals surface area contributed by atoms with Gasteiger partial charge < -0.3 is 15.4 Å². The lowest BCUT2D eigenvalue weighted by Crippen LogP contribution is -2.14. The van der Waals surface area contributed by atoms with Crippen LogP contribution in [-0.4, -0.2) is 13.0 Å². The molecule has 0 aliphatic rings. The summed E-state index contributed by atoms with van der Waals surface area (Å²) in [6.07, 6.45) is 0. The van der Waals surface area contributed by atoms with Crippen molar-refractivity contribution < 1.29 is 9.53 Å². The summed E-state index contributed by atoms with van der Waals surface area (Å²) in [6, 6.07) is 9.90. The minimum Gasteiger partial charge on any atom is -0.497 e. The quantitative estimate of drug-likeness (QED) is 0.860. The zero-order chi connectivity index (χ0) is 14.4. The molecule has 2 N–H and O–H groups in total. The van der Waals surface area contributed by atoms with E-state index >= 15 is 0 Å². The highest BCUT2D eigenvalue weighted by Crippen LogP contribution is 2.22. The molecule has 0 fully saturated rings. The first-order valence-electron chi connectivity index (χ1n) is 6.36. The number of hydrogen-bond donors (Lipinski definition) is 2. The van der Waals surface area contributed by atoms with Gasteiger partial charge in [-0.1, -0.05) is 12.1 Å². The van der Waals surface area contributed by atoms with E-state index in [0.717, 1.165) is 29.4 Å². The normalized spacial score (nSPS) is 10.3. The summed E-state index contributed by atoms with van der Waals surface area (Å²) in [5.74, 6) is 0.819. The Bertz CT molecular complexity index is 564. The fourth-order valence-electron chi connectivity index (χ4n) is 1.84. The number of anilines is 1. The van der Waals surface area contributed by atoms with Crippen LogP contribution in [0.3, 0.4) is 0 Å². The number of nitrogens with one attached hydrogen (secondary N) is 2. The number of carbonyl (C=O) groups is 1. The molecule has 0 aliphatic carbocycles. The molecular weight excluding hydrogens is 272 g/mol. The summed E-state index contributed by atoms with van der Waals surface area (Å²) in [5, 5.41) is 8.19. The Balaban J connectivity index is 1.86. The molecule has 0 radical (unpaired) electrons. The lowest BCUT2D eigenvalue weighted by atomic mass is 10.2. The molecule has 0 saturated carbocycles. The standard InChI is InChI=1S/C15H18N2O2S/c1-11(18)17-14-7-8-20-15(14)10-16-9-12-3-5-13(19-2)6-4-12/h3-8,16H,9-10H2,1-2H3,(H,17,18). The fourth-order valence-corrected chi connectivity index (χ4v) is 2.64. The molecule has 5 heteroatoms. The number of benzene rings is 1. The van der Waals surface area contributed by atoms with E-state index in [2.05, 4.69) is 10.6 Å². The van der Waals surface area contributed by atoms with Gasteiger partial charge in [0, 0.05) is 24.9 Å². The van der Waals surface area contributed by atoms with Gasteiger partial charge in [-0.2, -0.15) is 0 Å². The Hall–Kier alpha value is -1.85. The number of ether oxygens (including phenoxy) is 1. The Morgan fingerprint density at radius 1 is 1.20 bits per heavy atom. The lowest BCUT2D eigenvalue weighted by molar-refractivity contribution is -0.114. The van der Waals surface area contributed by atoms with Gasteiger partial charge in [0.05, 0.1) is 12.8 Å². The molecule has 1 heterocycles. The minimum atomic E-state index is -0.0418. The molecule has 0 spiro atoms. The van der Waals surface area contributed by atoms with Crippen molar-refractivity contribution in [3.8, 4) is 5.75 Å². The molecule has 0 bridgehead atoms. The topological polar surface area (TPSA) is 50.4 Å². The zero-order valence-electron chi connectivity index (χ0n) is 11.6. The maximum atomic E-state index is 11.1. The highest BCUT2D eigenvalue weighted by molar-refractivity contribution is 7.10. The second kappa shape index (κ2) is 7.07. The van der Waals surface area contributed by atoms with Crippen LogP contribution in [0.25, 0.3) is 0 Å². The van der Waals surface area contributed by atoms with Crippen molar-refractivity contribution in [2.24, 2.45) is 0 Å². The molecule has 1 aromatic carbocycles. The van der Waals surface area contributed by atoms with E-state index in [1.54, 1.807) is 18.4 Å². The van der Waals surface area contributed by atoms with Gasteiger partial charge in [-0.3, -0.25) is 4.79 Å². The fraction of sp³-hybridized carbons (Fsp3) is 0.267. The minimum absolute atomic E-state index is 0.0418. The van der Waals surface area contributed by atoms with Crippen LogP contribution in [0.5, 0.6) is 5.75 Å². The second-order valence-electron chi connectivity index (χ2n) is 4.39. The highest BCUT2D eigenvalue weighted by atomic mass is 32.1. The summed E-state index contributed by atoms with van der Waals surface area (Å²) in [6.45, 7) is 3.03. The van der Waals surface area contributed by atoms with Gasteiger partial charge in [-0.25, -0.2) is 0 Å². The maximum Gasteiger partial charge on any atom is 0.221 e. The monoisotopic (exact) mass is 290 g/mol. The van der Waals surface area contributed by atoms with E-state index < -0.39 is 0 Å². The van der Waals surface area contributed by atoms with Gasteiger partial charge >= 0.3 is 0 Å². The molecule has 1 amide bonds. The highest BCUT2D eigenvalue weighted by Gasteiger charge is 2.05. The van der Waals surface area contributed by atoms with E-state index in [1.165, 1.54) is 12.5 Å². The molecule has 4 nitrogen and oxygen atoms in total. The van der Waals surface area contributed by atoms with Crippen molar-refractivity contribution in [3.63, 3.8) is 0 Å². The first kappa shape index (κ1) is 14.6. The molecule has 20 heavy (non-hydrogen) atoms. The lowest BCUT2D eigenvalue weighted by Gasteiger charge is -2.07. The predicted octanol–water partition coefficient (Wildman–Crippen LogP) is 3.00. The third-order valence-electron chi connectivity index (χ3n) is 2.83. The van der Waals surface area contributed by atoms with Crippen molar-refractivity contribution >= 4 is 22.9 Å². The smallest absolute Gasteiger partial charge is 0.221 e. The van der Waals surface area contributed by atoms with Crippen LogP contribution in [0.15, 0.2) is 35.7 Å². The summed E-state index contributed by atoms with van der Waals surface area (Å²) in [7, 11) is 1.66. The van der Waals surface area contributed by atoms with Crippen LogP contribution in [0.4, 0.5) is 5.69 Å². The van der Waals surface area contributed by atoms with Crippen molar-refractivity contribution in [2.45, 2.75) is 20.0 Å². The predicted molar refractivity (Wildman–Crippen MR) is 82.2 cm³/mol. The van der Waals surface area contributed by atoms with Crippen molar-refractivity contribution in [2.75, 3.05) is 12.4 Å². The van der Waals surface area contributed by atoms with E-state index in [9.17, 15) is 4.79 Å². The Labute approximate surface area is 122 Å². The van der Waals surface area contributed by atoms with E-state index in [4.69, 9.17) is 4.74 Å². The van der Waals surface area contributed by atoms with E-state index in [0.29, 0.717) is 0 Å². The van der Waals surface area contributed by atoms with Gasteiger partial charge in [0.15, 0.2) is 0 Å². The van der Waals surface area contributed by atoms with Crippen molar-refractivity contribution in [1.29, 1.82) is 0 Å². The first-order chi connectivity index (χ1) is 9.69. The van der Waals surface area contributed by atoms with E-state index in [1.807, 2.05) is 35.7 Å².